The fourth-order valence-electron chi connectivity index (χ4n) is 1.96. The van der Waals surface area contributed by atoms with Gasteiger partial charge in [-0.15, -0.1) is 16.4 Å². The number of hydrogen-bond donors (Lipinski definition) is 3. The standard InChI is InChI=1S/C19H28N4O7S/c1-8-23(13(24)11-9-10-12(31-11)14(25)26)22-15(20-16(27)29-18(2,3)4)21-17(28)30-19(5,6)7/h9-10H,8H2,1-7H3,(H,25,26)(H2,20,21,22,27,28). The third-order valence-electron chi connectivity index (χ3n) is 3.02. The van der Waals surface area contributed by atoms with Crippen molar-refractivity contribution in [3.63, 3.8) is 0 Å². The predicted molar refractivity (Wildman–Crippen MR) is 114 cm³/mol. The van der Waals surface area contributed by atoms with Crippen molar-refractivity contribution in [1.82, 2.24) is 15.6 Å². The average molecular weight is 457 g/mol. The van der Waals surface area contributed by atoms with E-state index in [4.69, 9.17) is 14.6 Å². The number of hydrogen-bond acceptors (Lipinski definition) is 8. The molecule has 0 unspecified atom stereocenters. The van der Waals surface area contributed by atoms with Gasteiger partial charge in [0.25, 0.3) is 5.91 Å². The van der Waals surface area contributed by atoms with E-state index in [0.29, 0.717) is 0 Å². The average Bonchev–Trinajstić information content (AvgIpc) is 3.05. The number of carboxylic acids is 1. The maximum Gasteiger partial charge on any atom is 0.414 e. The van der Waals surface area contributed by atoms with Crippen molar-refractivity contribution in [2.24, 2.45) is 5.10 Å². The van der Waals surface area contributed by atoms with Crippen molar-refractivity contribution < 1.29 is 33.8 Å². The molecule has 0 aliphatic heterocycles. The first-order valence-electron chi connectivity index (χ1n) is 9.35. The van der Waals surface area contributed by atoms with Crippen LogP contribution in [0, 0.1) is 0 Å². The van der Waals surface area contributed by atoms with E-state index in [9.17, 15) is 19.2 Å². The summed E-state index contributed by atoms with van der Waals surface area (Å²) in [6, 6.07) is 2.66. The highest BCUT2D eigenvalue weighted by Crippen LogP contribution is 2.18. The van der Waals surface area contributed by atoms with Crippen LogP contribution >= 0.6 is 11.3 Å². The van der Waals surface area contributed by atoms with E-state index < -0.39 is 41.2 Å². The summed E-state index contributed by atoms with van der Waals surface area (Å²) in [5.41, 5.74) is -1.63. The lowest BCUT2D eigenvalue weighted by molar-refractivity contribution is 0.0536. The van der Waals surface area contributed by atoms with Crippen LogP contribution in [0.25, 0.3) is 0 Å². The fourth-order valence-corrected chi connectivity index (χ4v) is 2.75. The molecule has 0 bridgehead atoms. The number of amides is 3. The van der Waals surface area contributed by atoms with Crippen LogP contribution in [0.1, 0.15) is 67.8 Å². The summed E-state index contributed by atoms with van der Waals surface area (Å²) >= 11 is 0.779. The number of carboxylic acid groups (broad SMARTS) is 1. The number of alkyl carbamates (subject to hydrolysis) is 2. The number of guanidine groups is 1. The van der Waals surface area contributed by atoms with Crippen LogP contribution in [0.3, 0.4) is 0 Å². The monoisotopic (exact) mass is 456 g/mol. The van der Waals surface area contributed by atoms with E-state index in [-0.39, 0.29) is 16.3 Å². The Morgan fingerprint density at radius 2 is 1.42 bits per heavy atom. The van der Waals surface area contributed by atoms with Crippen molar-refractivity contribution in [1.29, 1.82) is 0 Å². The van der Waals surface area contributed by atoms with E-state index >= 15 is 0 Å². The van der Waals surface area contributed by atoms with Gasteiger partial charge in [-0.2, -0.15) is 0 Å². The molecule has 3 N–H and O–H groups in total. The third-order valence-corrected chi connectivity index (χ3v) is 4.08. The summed E-state index contributed by atoms with van der Waals surface area (Å²) in [6.45, 7) is 11.6. The molecule has 0 radical (unpaired) electrons. The fraction of sp³-hybridized carbons (Fsp3) is 0.526. The molecule has 11 nitrogen and oxygen atoms in total. The van der Waals surface area contributed by atoms with Gasteiger partial charge in [-0.3, -0.25) is 15.4 Å². The molecule has 0 aliphatic carbocycles. The Bertz CT molecular complexity index is 833. The lowest BCUT2D eigenvalue weighted by Crippen LogP contribution is -2.48. The van der Waals surface area contributed by atoms with Gasteiger partial charge in [0.2, 0.25) is 5.96 Å². The van der Waals surface area contributed by atoms with Crippen LogP contribution in [-0.4, -0.2) is 57.9 Å². The first-order chi connectivity index (χ1) is 14.1. The summed E-state index contributed by atoms with van der Waals surface area (Å²) in [5, 5.41) is 18.6. The summed E-state index contributed by atoms with van der Waals surface area (Å²) < 4.78 is 10.3. The Balaban J connectivity index is 3.15. The van der Waals surface area contributed by atoms with Gasteiger partial charge in [0.05, 0.1) is 4.88 Å². The second-order valence-corrected chi connectivity index (χ2v) is 9.28. The topological polar surface area (TPSA) is 147 Å². The van der Waals surface area contributed by atoms with E-state index in [1.807, 2.05) is 0 Å². The molecule has 0 atom stereocenters. The second kappa shape index (κ2) is 10.2. The van der Waals surface area contributed by atoms with Crippen molar-refractivity contribution in [3.8, 4) is 0 Å². The summed E-state index contributed by atoms with van der Waals surface area (Å²) in [7, 11) is 0. The van der Waals surface area contributed by atoms with Crippen molar-refractivity contribution in [2.75, 3.05) is 6.54 Å². The van der Waals surface area contributed by atoms with E-state index in [1.165, 1.54) is 12.1 Å². The van der Waals surface area contributed by atoms with Crippen LogP contribution in [0.15, 0.2) is 17.2 Å². The van der Waals surface area contributed by atoms with Crippen LogP contribution < -0.4 is 10.6 Å². The first-order valence-corrected chi connectivity index (χ1v) is 10.2. The quantitative estimate of drug-likeness (QED) is 0.358. The maximum absolute atomic E-state index is 12.7. The van der Waals surface area contributed by atoms with E-state index in [2.05, 4.69) is 15.7 Å². The van der Waals surface area contributed by atoms with Gasteiger partial charge in [0.15, 0.2) is 0 Å². The minimum atomic E-state index is -1.16. The Morgan fingerprint density at radius 1 is 0.968 bits per heavy atom. The van der Waals surface area contributed by atoms with Crippen LogP contribution in [0.4, 0.5) is 9.59 Å². The largest absolute Gasteiger partial charge is 0.477 e. The number of hydrazone groups is 1. The zero-order valence-electron chi connectivity index (χ0n) is 18.6. The number of aromatic carboxylic acids is 1. The predicted octanol–water partition coefficient (Wildman–Crippen LogP) is 3.23. The van der Waals surface area contributed by atoms with Gasteiger partial charge >= 0.3 is 18.2 Å². The lowest BCUT2D eigenvalue weighted by Gasteiger charge is -2.23. The van der Waals surface area contributed by atoms with E-state index in [1.54, 1.807) is 48.5 Å². The highest BCUT2D eigenvalue weighted by molar-refractivity contribution is 7.15. The van der Waals surface area contributed by atoms with Gasteiger partial charge in [-0.25, -0.2) is 19.4 Å². The molecule has 0 aliphatic rings. The minimum absolute atomic E-state index is 0.0117. The molecule has 172 valence electrons. The zero-order chi connectivity index (χ0) is 24.0. The van der Waals surface area contributed by atoms with Gasteiger partial charge in [-0.1, -0.05) is 0 Å². The molecule has 0 aromatic carbocycles. The molecule has 1 aromatic heterocycles. The summed E-state index contributed by atoms with van der Waals surface area (Å²) in [4.78, 5) is 48.2. The molecular formula is C19H28N4O7S. The number of carbonyl (C=O) groups is 4. The smallest absolute Gasteiger partial charge is 0.414 e. The van der Waals surface area contributed by atoms with Crippen molar-refractivity contribution >= 4 is 41.4 Å². The maximum atomic E-state index is 12.7. The molecule has 0 fully saturated rings. The zero-order valence-corrected chi connectivity index (χ0v) is 19.4. The Morgan fingerprint density at radius 3 is 1.77 bits per heavy atom. The van der Waals surface area contributed by atoms with Gasteiger partial charge in [0, 0.05) is 6.54 Å². The van der Waals surface area contributed by atoms with Crippen LogP contribution in [0.5, 0.6) is 0 Å². The Labute approximate surface area is 184 Å². The molecule has 1 rings (SSSR count). The SMILES string of the molecule is CCN(N=C(NC(=O)OC(C)(C)C)NC(=O)OC(C)(C)C)C(=O)c1ccc(C(=O)O)s1. The number of rotatable bonds is 4. The molecule has 1 aromatic rings. The molecule has 0 saturated carbocycles. The van der Waals surface area contributed by atoms with Gasteiger partial charge in [0.1, 0.15) is 16.1 Å². The van der Waals surface area contributed by atoms with E-state index in [0.717, 1.165) is 16.3 Å². The molecule has 0 spiro atoms. The highest BCUT2D eigenvalue weighted by Gasteiger charge is 2.24. The normalized spacial score (nSPS) is 11.2. The number of carbonyl (C=O) groups excluding carboxylic acids is 3. The molecule has 0 saturated heterocycles. The Kier molecular flexibility index (Phi) is 8.55. The molecule has 31 heavy (non-hydrogen) atoms. The number of nitrogens with one attached hydrogen (secondary N) is 2. The van der Waals surface area contributed by atoms with Crippen molar-refractivity contribution in [2.45, 2.75) is 59.7 Å². The van der Waals surface area contributed by atoms with Crippen LogP contribution in [0.2, 0.25) is 0 Å². The van der Waals surface area contributed by atoms with Crippen molar-refractivity contribution in [3.05, 3.63) is 21.9 Å². The second-order valence-electron chi connectivity index (χ2n) is 8.19. The lowest BCUT2D eigenvalue weighted by atomic mass is 10.2. The van der Waals surface area contributed by atoms with Gasteiger partial charge in [-0.05, 0) is 60.6 Å². The number of ether oxygens (including phenoxy) is 2. The van der Waals surface area contributed by atoms with Gasteiger partial charge < -0.3 is 14.6 Å². The first kappa shape index (κ1) is 25.9. The number of nitrogens with zero attached hydrogens (tertiary/aromatic N) is 2. The Hall–Kier alpha value is -3.15. The third kappa shape index (κ3) is 9.47. The number of thiophene rings is 1. The minimum Gasteiger partial charge on any atom is -0.477 e. The molecule has 3 amide bonds. The molecule has 12 heteroatoms. The molecule has 1 heterocycles. The van der Waals surface area contributed by atoms with Crippen LogP contribution in [-0.2, 0) is 9.47 Å². The highest BCUT2D eigenvalue weighted by atomic mass is 32.1. The summed E-state index contributed by atoms with van der Waals surface area (Å²) in [6.07, 6.45) is -1.81. The molecular weight excluding hydrogens is 428 g/mol. The summed E-state index contributed by atoms with van der Waals surface area (Å²) in [5.74, 6) is -2.17.